The maximum Gasteiger partial charge on any atom is 0.216 e. The Morgan fingerprint density at radius 1 is 1.12 bits per heavy atom. The Morgan fingerprint density at radius 2 is 1.96 bits per heavy atom. The van der Waals surface area contributed by atoms with E-state index < -0.39 is 0 Å². The second kappa shape index (κ2) is 7.68. The number of amides is 1. The van der Waals surface area contributed by atoms with Crippen LogP contribution in [0.25, 0.3) is 10.9 Å². The van der Waals surface area contributed by atoms with Crippen molar-refractivity contribution in [2.45, 2.75) is 26.5 Å². The molecule has 0 aliphatic rings. The third-order valence-electron chi connectivity index (χ3n) is 3.94. The fourth-order valence-corrected chi connectivity index (χ4v) is 2.72. The van der Waals surface area contributed by atoms with Gasteiger partial charge in [0.1, 0.15) is 12.4 Å². The van der Waals surface area contributed by atoms with Crippen molar-refractivity contribution in [3.63, 3.8) is 0 Å². The van der Waals surface area contributed by atoms with Crippen LogP contribution in [0, 0.1) is 0 Å². The summed E-state index contributed by atoms with van der Waals surface area (Å²) in [5.41, 5.74) is 2.35. The molecule has 0 atom stereocenters. The van der Waals surface area contributed by atoms with Crippen molar-refractivity contribution < 1.29 is 9.53 Å². The second-order valence-corrected chi connectivity index (χ2v) is 5.84. The number of carbonyl (C=O) groups is 1. The van der Waals surface area contributed by atoms with Crippen LogP contribution in [0.2, 0.25) is 0 Å². The summed E-state index contributed by atoms with van der Waals surface area (Å²) in [5.74, 6) is 0.898. The third kappa shape index (κ3) is 4.16. The van der Waals surface area contributed by atoms with Gasteiger partial charge in [0.2, 0.25) is 5.91 Å². The standard InChI is InChI=1S/C20H22N2O2/c1-16(23)21-11-5-12-22-13-10-18-14-19(8-9-20(18)22)24-15-17-6-3-2-4-7-17/h2-4,6-10,13-14H,5,11-12,15H2,1H3,(H,21,23). The Hall–Kier alpha value is -2.75. The Bertz CT molecular complexity index is 809. The first-order valence-electron chi connectivity index (χ1n) is 8.22. The molecule has 1 aromatic heterocycles. The quantitative estimate of drug-likeness (QED) is 0.673. The molecule has 3 rings (SSSR count). The van der Waals surface area contributed by atoms with Gasteiger partial charge in [0.25, 0.3) is 0 Å². The zero-order valence-corrected chi connectivity index (χ0v) is 13.9. The largest absolute Gasteiger partial charge is 0.489 e. The van der Waals surface area contributed by atoms with E-state index in [4.69, 9.17) is 4.74 Å². The predicted octanol–water partition coefficient (Wildman–Crippen LogP) is 3.75. The topological polar surface area (TPSA) is 43.3 Å². The highest BCUT2D eigenvalue weighted by Gasteiger charge is 2.03. The summed E-state index contributed by atoms with van der Waals surface area (Å²) < 4.78 is 8.08. The van der Waals surface area contributed by atoms with Gasteiger partial charge in [0, 0.05) is 37.1 Å². The van der Waals surface area contributed by atoms with Gasteiger partial charge in [-0.05, 0) is 36.2 Å². The van der Waals surface area contributed by atoms with Crippen LogP contribution in [0.3, 0.4) is 0 Å². The van der Waals surface area contributed by atoms with Crippen LogP contribution in [0.15, 0.2) is 60.8 Å². The average molecular weight is 322 g/mol. The smallest absolute Gasteiger partial charge is 0.216 e. The molecule has 4 nitrogen and oxygen atoms in total. The molecule has 3 aromatic rings. The van der Waals surface area contributed by atoms with Crippen LogP contribution >= 0.6 is 0 Å². The maximum absolute atomic E-state index is 10.9. The summed E-state index contributed by atoms with van der Waals surface area (Å²) in [6.07, 6.45) is 3.00. The molecule has 0 radical (unpaired) electrons. The molecule has 1 heterocycles. The lowest BCUT2D eigenvalue weighted by molar-refractivity contribution is -0.118. The van der Waals surface area contributed by atoms with Crippen molar-refractivity contribution in [1.82, 2.24) is 9.88 Å². The van der Waals surface area contributed by atoms with E-state index in [0.29, 0.717) is 13.2 Å². The number of hydrogen-bond donors (Lipinski definition) is 1. The van der Waals surface area contributed by atoms with E-state index in [1.807, 2.05) is 24.3 Å². The number of nitrogens with zero attached hydrogens (tertiary/aromatic N) is 1. The normalized spacial score (nSPS) is 10.7. The van der Waals surface area contributed by atoms with Gasteiger partial charge in [-0.2, -0.15) is 0 Å². The molecule has 124 valence electrons. The molecule has 0 aliphatic heterocycles. The molecule has 0 aliphatic carbocycles. The Kier molecular flexibility index (Phi) is 5.16. The van der Waals surface area contributed by atoms with Crippen molar-refractivity contribution >= 4 is 16.8 Å². The summed E-state index contributed by atoms with van der Waals surface area (Å²) in [4.78, 5) is 10.9. The zero-order chi connectivity index (χ0) is 16.8. The monoisotopic (exact) mass is 322 g/mol. The van der Waals surface area contributed by atoms with Gasteiger partial charge in [-0.1, -0.05) is 30.3 Å². The van der Waals surface area contributed by atoms with Crippen molar-refractivity contribution in [3.8, 4) is 5.75 Å². The van der Waals surface area contributed by atoms with E-state index in [0.717, 1.165) is 24.3 Å². The fraction of sp³-hybridized carbons (Fsp3) is 0.250. The summed E-state index contributed by atoms with van der Waals surface area (Å²) in [6, 6.07) is 18.4. The third-order valence-corrected chi connectivity index (χ3v) is 3.94. The van der Waals surface area contributed by atoms with Crippen LogP contribution in [0.1, 0.15) is 18.9 Å². The number of aryl methyl sites for hydroxylation is 1. The SMILES string of the molecule is CC(=O)NCCCn1ccc2cc(OCc3ccccc3)ccc21. The van der Waals surface area contributed by atoms with Crippen LogP contribution in [0.4, 0.5) is 0 Å². The van der Waals surface area contributed by atoms with E-state index in [1.165, 1.54) is 10.9 Å². The number of ether oxygens (including phenoxy) is 1. The molecule has 0 unspecified atom stereocenters. The molecule has 0 spiro atoms. The minimum Gasteiger partial charge on any atom is -0.489 e. The highest BCUT2D eigenvalue weighted by atomic mass is 16.5. The Labute approximate surface area is 142 Å². The summed E-state index contributed by atoms with van der Waals surface area (Å²) >= 11 is 0. The minimum absolute atomic E-state index is 0.0209. The van der Waals surface area contributed by atoms with Crippen LogP contribution in [-0.2, 0) is 17.9 Å². The first-order valence-corrected chi connectivity index (χ1v) is 8.22. The van der Waals surface area contributed by atoms with E-state index in [1.54, 1.807) is 6.92 Å². The molecule has 0 fully saturated rings. The first kappa shape index (κ1) is 16.1. The van der Waals surface area contributed by atoms with Crippen molar-refractivity contribution in [2.24, 2.45) is 0 Å². The summed E-state index contributed by atoms with van der Waals surface area (Å²) in [5, 5.41) is 3.99. The van der Waals surface area contributed by atoms with Crippen LogP contribution in [-0.4, -0.2) is 17.0 Å². The van der Waals surface area contributed by atoms with Gasteiger partial charge in [-0.3, -0.25) is 4.79 Å². The summed E-state index contributed by atoms with van der Waals surface area (Å²) in [6.45, 7) is 3.70. The van der Waals surface area contributed by atoms with Gasteiger partial charge in [-0.25, -0.2) is 0 Å². The van der Waals surface area contributed by atoms with Crippen molar-refractivity contribution in [3.05, 3.63) is 66.4 Å². The van der Waals surface area contributed by atoms with Crippen LogP contribution < -0.4 is 10.1 Å². The lowest BCUT2D eigenvalue weighted by Gasteiger charge is -2.08. The molecular weight excluding hydrogens is 300 g/mol. The second-order valence-electron chi connectivity index (χ2n) is 5.84. The zero-order valence-electron chi connectivity index (χ0n) is 13.9. The van der Waals surface area contributed by atoms with E-state index in [-0.39, 0.29) is 5.91 Å². The molecule has 2 aromatic carbocycles. The molecule has 1 amide bonds. The van der Waals surface area contributed by atoms with E-state index in [9.17, 15) is 4.79 Å². The Balaban J connectivity index is 1.61. The molecule has 0 saturated heterocycles. The van der Waals surface area contributed by atoms with Crippen molar-refractivity contribution in [2.75, 3.05) is 6.54 Å². The number of hydrogen-bond acceptors (Lipinski definition) is 2. The van der Waals surface area contributed by atoms with E-state index >= 15 is 0 Å². The lowest BCUT2D eigenvalue weighted by atomic mass is 10.2. The number of nitrogens with one attached hydrogen (secondary N) is 1. The van der Waals surface area contributed by atoms with Gasteiger partial charge in [0.05, 0.1) is 0 Å². The molecule has 4 heteroatoms. The van der Waals surface area contributed by atoms with Gasteiger partial charge >= 0.3 is 0 Å². The highest BCUT2D eigenvalue weighted by molar-refractivity contribution is 5.81. The maximum atomic E-state index is 10.9. The average Bonchev–Trinajstić information content (AvgIpc) is 3.00. The number of fused-ring (bicyclic) bond motifs is 1. The van der Waals surface area contributed by atoms with Crippen molar-refractivity contribution in [1.29, 1.82) is 0 Å². The Morgan fingerprint density at radius 3 is 2.75 bits per heavy atom. The van der Waals surface area contributed by atoms with Gasteiger partial charge in [-0.15, -0.1) is 0 Å². The van der Waals surface area contributed by atoms with Crippen LogP contribution in [0.5, 0.6) is 5.75 Å². The highest BCUT2D eigenvalue weighted by Crippen LogP contribution is 2.23. The number of benzene rings is 2. The molecule has 1 N–H and O–H groups in total. The van der Waals surface area contributed by atoms with Gasteiger partial charge in [0.15, 0.2) is 0 Å². The molecule has 24 heavy (non-hydrogen) atoms. The fourth-order valence-electron chi connectivity index (χ4n) is 2.72. The number of aromatic nitrogens is 1. The first-order chi connectivity index (χ1) is 11.7. The molecule has 0 bridgehead atoms. The number of carbonyl (C=O) groups excluding carboxylic acids is 1. The predicted molar refractivity (Wildman–Crippen MR) is 96.0 cm³/mol. The number of rotatable bonds is 7. The van der Waals surface area contributed by atoms with E-state index in [2.05, 4.69) is 46.4 Å². The summed E-state index contributed by atoms with van der Waals surface area (Å²) in [7, 11) is 0. The molecular formula is C20H22N2O2. The lowest BCUT2D eigenvalue weighted by Crippen LogP contribution is -2.21. The molecule has 0 saturated carbocycles. The van der Waals surface area contributed by atoms with Gasteiger partial charge < -0.3 is 14.6 Å². The minimum atomic E-state index is 0.0209.